The average Bonchev–Trinajstić information content (AvgIpc) is 2.91. The molecule has 0 unspecified atom stereocenters. The van der Waals surface area contributed by atoms with E-state index < -0.39 is 11.9 Å². The van der Waals surface area contributed by atoms with E-state index in [-0.39, 0.29) is 5.82 Å². The fourth-order valence-electron chi connectivity index (χ4n) is 2.27. The van der Waals surface area contributed by atoms with Crippen LogP contribution in [0.25, 0.3) is 5.78 Å². The first kappa shape index (κ1) is 15.4. The number of aromatic nitrogens is 4. The molecule has 0 bridgehead atoms. The molecule has 0 saturated carbocycles. The lowest BCUT2D eigenvalue weighted by molar-refractivity contribution is 0.101. The third-order valence-electron chi connectivity index (χ3n) is 3.21. The first-order valence-electron chi connectivity index (χ1n) is 7.11. The van der Waals surface area contributed by atoms with E-state index in [0.717, 1.165) is 11.4 Å². The molecule has 9 heteroatoms. The molecule has 122 valence electrons. The Labute approximate surface area is 136 Å². The number of hydrogen-bond donors (Lipinski definition) is 3. The maximum Gasteiger partial charge on any atom is 0.316 e. The summed E-state index contributed by atoms with van der Waals surface area (Å²) in [7, 11) is 0. The summed E-state index contributed by atoms with van der Waals surface area (Å²) < 4.78 is 1.51. The van der Waals surface area contributed by atoms with Crippen LogP contribution in [0.5, 0.6) is 0 Å². The Bertz CT molecular complexity index is 948. The number of aryl methyl sites for hydroxylation is 2. The average molecular weight is 325 g/mol. The fourth-order valence-corrected chi connectivity index (χ4v) is 2.27. The summed E-state index contributed by atoms with van der Waals surface area (Å²) in [5.41, 5.74) is 7.64. The zero-order valence-electron chi connectivity index (χ0n) is 13.1. The number of nitrogens with zero attached hydrogens (tertiary/aromatic N) is 4. The van der Waals surface area contributed by atoms with Crippen molar-refractivity contribution in [3.63, 3.8) is 0 Å². The van der Waals surface area contributed by atoms with Gasteiger partial charge in [-0.25, -0.2) is 14.3 Å². The summed E-state index contributed by atoms with van der Waals surface area (Å²) in [5, 5.41) is 9.27. The monoisotopic (exact) mass is 325 g/mol. The minimum Gasteiger partial charge on any atom is -0.351 e. The van der Waals surface area contributed by atoms with Crippen LogP contribution < -0.4 is 16.4 Å². The van der Waals surface area contributed by atoms with Crippen LogP contribution in [-0.2, 0) is 0 Å². The quantitative estimate of drug-likeness (QED) is 0.672. The largest absolute Gasteiger partial charge is 0.351 e. The van der Waals surface area contributed by atoms with Crippen LogP contribution in [0.2, 0.25) is 0 Å². The highest BCUT2D eigenvalue weighted by Crippen LogP contribution is 2.15. The Morgan fingerprint density at radius 2 is 1.79 bits per heavy atom. The Balaban J connectivity index is 1.85. The first-order valence-corrected chi connectivity index (χ1v) is 7.11. The number of carbonyl (C=O) groups excluding carboxylic acids is 2. The number of anilines is 2. The number of primary amides is 1. The number of amides is 3. The molecule has 0 saturated heterocycles. The molecule has 3 aromatic rings. The lowest BCUT2D eigenvalue weighted by atomic mass is 10.2. The van der Waals surface area contributed by atoms with Crippen molar-refractivity contribution in [2.45, 2.75) is 13.8 Å². The third kappa shape index (κ3) is 3.14. The topological polar surface area (TPSA) is 127 Å². The van der Waals surface area contributed by atoms with Crippen molar-refractivity contribution in [1.29, 1.82) is 0 Å². The zero-order valence-corrected chi connectivity index (χ0v) is 13.1. The van der Waals surface area contributed by atoms with Gasteiger partial charge in [0, 0.05) is 22.8 Å². The van der Waals surface area contributed by atoms with Crippen LogP contribution in [0.3, 0.4) is 0 Å². The van der Waals surface area contributed by atoms with Crippen molar-refractivity contribution in [2.24, 2.45) is 5.73 Å². The summed E-state index contributed by atoms with van der Waals surface area (Å²) in [4.78, 5) is 31.6. The van der Waals surface area contributed by atoms with Crippen molar-refractivity contribution in [1.82, 2.24) is 19.6 Å². The molecule has 2 heterocycles. The van der Waals surface area contributed by atoms with Crippen molar-refractivity contribution in [3.8, 4) is 0 Å². The number of fused-ring (bicyclic) bond motifs is 1. The highest BCUT2D eigenvalue weighted by Gasteiger charge is 2.15. The van der Waals surface area contributed by atoms with E-state index >= 15 is 0 Å². The molecular formula is C15H15N7O2. The molecule has 2 aromatic heterocycles. The number of rotatable bonds is 3. The van der Waals surface area contributed by atoms with Gasteiger partial charge in [-0.1, -0.05) is 6.07 Å². The van der Waals surface area contributed by atoms with E-state index in [1.165, 1.54) is 4.52 Å². The lowest BCUT2D eigenvalue weighted by Gasteiger charge is -2.05. The molecule has 3 amide bonds. The number of urea groups is 1. The van der Waals surface area contributed by atoms with Crippen LogP contribution in [-0.4, -0.2) is 31.5 Å². The summed E-state index contributed by atoms with van der Waals surface area (Å²) in [6, 6.07) is 7.74. The second kappa shape index (κ2) is 5.95. The van der Waals surface area contributed by atoms with Crippen LogP contribution in [0.15, 0.2) is 30.3 Å². The van der Waals surface area contributed by atoms with E-state index in [1.807, 2.05) is 19.9 Å². The number of carbonyl (C=O) groups is 2. The molecular weight excluding hydrogens is 310 g/mol. The Morgan fingerprint density at radius 3 is 2.50 bits per heavy atom. The standard InChI is InChI=1S/C15H15N7O2/c1-8-6-9(2)22-15(17-8)20-12(21-22)13(23)18-10-4-3-5-11(7-10)19-14(16)24/h3-7H,1-2H3,(H,18,23)(H3,16,19,24). The first-order chi connectivity index (χ1) is 11.4. The molecule has 1 aromatic carbocycles. The van der Waals surface area contributed by atoms with E-state index in [4.69, 9.17) is 5.73 Å². The molecule has 0 aliphatic heterocycles. The SMILES string of the molecule is Cc1cc(C)n2nc(C(=O)Nc3cccc(NC(N)=O)c3)nc2n1. The summed E-state index contributed by atoms with van der Waals surface area (Å²) in [5.74, 6) is -0.111. The van der Waals surface area contributed by atoms with Gasteiger partial charge in [0.1, 0.15) is 0 Å². The van der Waals surface area contributed by atoms with E-state index in [9.17, 15) is 9.59 Å². The molecule has 0 radical (unpaired) electrons. The number of hydrogen-bond acceptors (Lipinski definition) is 5. The van der Waals surface area contributed by atoms with Gasteiger partial charge in [0.2, 0.25) is 5.82 Å². The third-order valence-corrected chi connectivity index (χ3v) is 3.21. The van der Waals surface area contributed by atoms with Gasteiger partial charge in [0.25, 0.3) is 11.7 Å². The van der Waals surface area contributed by atoms with Crippen molar-refractivity contribution in [2.75, 3.05) is 10.6 Å². The highest BCUT2D eigenvalue weighted by atomic mass is 16.2. The van der Waals surface area contributed by atoms with Gasteiger partial charge < -0.3 is 16.4 Å². The molecule has 0 fully saturated rings. The summed E-state index contributed by atoms with van der Waals surface area (Å²) in [6.07, 6.45) is 0. The molecule has 0 spiro atoms. The molecule has 3 rings (SSSR count). The molecule has 4 N–H and O–H groups in total. The normalized spacial score (nSPS) is 10.6. The van der Waals surface area contributed by atoms with Gasteiger partial charge in [0.15, 0.2) is 0 Å². The van der Waals surface area contributed by atoms with Crippen molar-refractivity contribution >= 4 is 29.1 Å². The predicted molar refractivity (Wildman–Crippen MR) is 87.9 cm³/mol. The van der Waals surface area contributed by atoms with Crippen molar-refractivity contribution in [3.05, 3.63) is 47.5 Å². The van der Waals surface area contributed by atoms with E-state index in [1.54, 1.807) is 24.3 Å². The molecule has 0 atom stereocenters. The number of nitrogens with two attached hydrogens (primary N) is 1. The van der Waals surface area contributed by atoms with Crippen LogP contribution in [0.1, 0.15) is 22.0 Å². The second-order valence-electron chi connectivity index (χ2n) is 5.21. The molecule has 0 aliphatic carbocycles. The van der Waals surface area contributed by atoms with Crippen LogP contribution in [0.4, 0.5) is 16.2 Å². The fraction of sp³-hybridized carbons (Fsp3) is 0.133. The number of nitrogens with one attached hydrogen (secondary N) is 2. The van der Waals surface area contributed by atoms with Crippen LogP contribution in [0, 0.1) is 13.8 Å². The lowest BCUT2D eigenvalue weighted by Crippen LogP contribution is -2.19. The smallest absolute Gasteiger partial charge is 0.316 e. The Hall–Kier alpha value is -3.49. The van der Waals surface area contributed by atoms with Gasteiger partial charge in [-0.15, -0.1) is 5.10 Å². The summed E-state index contributed by atoms with van der Waals surface area (Å²) in [6.45, 7) is 3.70. The Morgan fingerprint density at radius 1 is 1.08 bits per heavy atom. The van der Waals surface area contributed by atoms with E-state index in [2.05, 4.69) is 25.7 Å². The highest BCUT2D eigenvalue weighted by molar-refractivity contribution is 6.02. The van der Waals surface area contributed by atoms with Gasteiger partial charge >= 0.3 is 6.03 Å². The minimum atomic E-state index is -0.683. The maximum atomic E-state index is 12.3. The molecule has 0 aliphatic rings. The van der Waals surface area contributed by atoms with Gasteiger partial charge in [0.05, 0.1) is 0 Å². The predicted octanol–water partition coefficient (Wildman–Crippen LogP) is 1.48. The van der Waals surface area contributed by atoms with Gasteiger partial charge in [-0.2, -0.15) is 4.98 Å². The Kier molecular flexibility index (Phi) is 3.82. The molecule has 24 heavy (non-hydrogen) atoms. The van der Waals surface area contributed by atoms with Crippen LogP contribution >= 0.6 is 0 Å². The number of benzene rings is 1. The van der Waals surface area contributed by atoms with Gasteiger partial charge in [-0.05, 0) is 38.1 Å². The molecule has 9 nitrogen and oxygen atoms in total. The second-order valence-corrected chi connectivity index (χ2v) is 5.21. The van der Waals surface area contributed by atoms with E-state index in [0.29, 0.717) is 17.2 Å². The summed E-state index contributed by atoms with van der Waals surface area (Å²) >= 11 is 0. The van der Waals surface area contributed by atoms with Crippen molar-refractivity contribution < 1.29 is 9.59 Å². The zero-order chi connectivity index (χ0) is 17.3. The van der Waals surface area contributed by atoms with Gasteiger partial charge in [-0.3, -0.25) is 4.79 Å². The maximum absolute atomic E-state index is 12.3. The minimum absolute atomic E-state index is 0.00413.